The number of thiophene rings is 1. The molecule has 0 aromatic carbocycles. The Morgan fingerprint density at radius 1 is 1.25 bits per heavy atom. The van der Waals surface area contributed by atoms with Gasteiger partial charge in [0.25, 0.3) is 5.91 Å². The van der Waals surface area contributed by atoms with Gasteiger partial charge >= 0.3 is 18.6 Å². The smallest absolute Gasteiger partial charge is 0.474 e. The molecule has 1 spiro atoms. The standard InChI is InChI=1S/C21H21F6N3O5S/c1-10(35-21(25,26)27)6-33-18(32)30-8-19(9-30)4-11(5-19)34-14-3-13(20(22,23)24)16-15(29-14)12(7-36-16)17(31)28-2/h3,7,10-11H,4-6,8-9H2,1-2H3,(H,28,31)/t10-/m1/s1. The lowest BCUT2D eigenvalue weighted by Gasteiger charge is -2.57. The van der Waals surface area contributed by atoms with Crippen LogP contribution in [0.2, 0.25) is 0 Å². The van der Waals surface area contributed by atoms with Gasteiger partial charge in [-0.15, -0.1) is 24.5 Å². The van der Waals surface area contributed by atoms with Gasteiger partial charge in [-0.1, -0.05) is 0 Å². The van der Waals surface area contributed by atoms with Crippen molar-refractivity contribution in [2.24, 2.45) is 5.41 Å². The Hall–Kier alpha value is -2.81. The number of amides is 2. The van der Waals surface area contributed by atoms with Crippen LogP contribution in [0.5, 0.6) is 5.88 Å². The first-order valence-corrected chi connectivity index (χ1v) is 11.6. The van der Waals surface area contributed by atoms with E-state index in [1.54, 1.807) is 0 Å². The van der Waals surface area contributed by atoms with Gasteiger partial charge in [0.05, 0.1) is 27.4 Å². The minimum absolute atomic E-state index is 0.0154. The summed E-state index contributed by atoms with van der Waals surface area (Å²) in [5.41, 5.74) is -1.33. The molecule has 4 rings (SSSR count). The molecule has 2 amide bonds. The molecule has 36 heavy (non-hydrogen) atoms. The molecular weight excluding hydrogens is 520 g/mol. The lowest BCUT2D eigenvalue weighted by molar-refractivity contribution is -0.342. The molecule has 1 aliphatic heterocycles. The maximum Gasteiger partial charge on any atom is 0.522 e. The molecule has 0 unspecified atom stereocenters. The molecule has 8 nitrogen and oxygen atoms in total. The highest BCUT2D eigenvalue weighted by atomic mass is 32.1. The van der Waals surface area contributed by atoms with E-state index in [4.69, 9.17) is 9.47 Å². The Labute approximate surface area is 204 Å². The molecule has 15 heteroatoms. The van der Waals surface area contributed by atoms with Crippen molar-refractivity contribution >= 4 is 33.6 Å². The number of carbonyl (C=O) groups is 2. The Kier molecular flexibility index (Phi) is 6.75. The second kappa shape index (κ2) is 9.25. The highest BCUT2D eigenvalue weighted by molar-refractivity contribution is 7.17. The molecule has 2 aromatic heterocycles. The van der Waals surface area contributed by atoms with Crippen molar-refractivity contribution < 1.29 is 50.1 Å². The molecule has 0 bridgehead atoms. The van der Waals surface area contributed by atoms with E-state index in [0.29, 0.717) is 12.8 Å². The maximum absolute atomic E-state index is 13.6. The number of rotatable bonds is 6. The fourth-order valence-corrected chi connectivity index (χ4v) is 5.43. The van der Waals surface area contributed by atoms with Crippen LogP contribution in [-0.4, -0.2) is 67.2 Å². The number of hydrogen-bond donors (Lipinski definition) is 1. The van der Waals surface area contributed by atoms with Gasteiger partial charge in [0.1, 0.15) is 12.7 Å². The molecule has 1 aliphatic carbocycles. The third-order valence-corrected chi connectivity index (χ3v) is 6.97. The second-order valence-corrected chi connectivity index (χ2v) is 9.75. The van der Waals surface area contributed by atoms with Crippen LogP contribution < -0.4 is 10.1 Å². The average molecular weight is 541 g/mol. The van der Waals surface area contributed by atoms with Gasteiger partial charge in [-0.05, 0) is 19.8 Å². The largest absolute Gasteiger partial charge is 0.522 e. The number of nitrogens with zero attached hydrogens (tertiary/aromatic N) is 2. The summed E-state index contributed by atoms with van der Waals surface area (Å²) in [5, 5.41) is 3.68. The second-order valence-electron chi connectivity index (χ2n) is 8.87. The predicted octanol–water partition coefficient (Wildman–Crippen LogP) is 4.58. The summed E-state index contributed by atoms with van der Waals surface area (Å²) in [6.45, 7) is 1.12. The summed E-state index contributed by atoms with van der Waals surface area (Å²) in [7, 11) is 1.36. The Morgan fingerprint density at radius 2 is 1.92 bits per heavy atom. The number of likely N-dealkylation sites (tertiary alicyclic amines) is 1. The summed E-state index contributed by atoms with van der Waals surface area (Å²) in [6, 6.07) is 0.812. The van der Waals surface area contributed by atoms with Crippen LogP contribution in [0.4, 0.5) is 31.1 Å². The maximum atomic E-state index is 13.6. The zero-order chi connectivity index (χ0) is 26.5. The minimum atomic E-state index is -4.83. The molecule has 2 aromatic rings. The molecule has 2 aliphatic rings. The predicted molar refractivity (Wildman–Crippen MR) is 114 cm³/mol. The van der Waals surface area contributed by atoms with Gasteiger partial charge in [0.15, 0.2) is 0 Å². The quantitative estimate of drug-likeness (QED) is 0.539. The van der Waals surface area contributed by atoms with Crippen LogP contribution >= 0.6 is 11.3 Å². The molecule has 3 heterocycles. The van der Waals surface area contributed by atoms with Crippen molar-refractivity contribution in [3.05, 3.63) is 22.6 Å². The van der Waals surface area contributed by atoms with Gasteiger partial charge in [0, 0.05) is 37.0 Å². The SMILES string of the molecule is CNC(=O)c1csc2c(C(F)(F)F)cc(OC3CC4(C3)CN(C(=O)OC[C@@H](C)OC(F)(F)F)C4)nc12. The van der Waals surface area contributed by atoms with E-state index in [1.807, 2.05) is 0 Å². The number of ether oxygens (including phenoxy) is 3. The first-order valence-electron chi connectivity index (χ1n) is 10.7. The number of halogens is 6. The van der Waals surface area contributed by atoms with E-state index < -0.39 is 48.9 Å². The summed E-state index contributed by atoms with van der Waals surface area (Å²) in [4.78, 5) is 29.5. The van der Waals surface area contributed by atoms with Crippen molar-refractivity contribution in [1.29, 1.82) is 0 Å². The van der Waals surface area contributed by atoms with Gasteiger partial charge in [-0.2, -0.15) is 13.2 Å². The molecule has 1 saturated heterocycles. The topological polar surface area (TPSA) is 90.0 Å². The van der Waals surface area contributed by atoms with E-state index in [1.165, 1.54) is 17.3 Å². The molecule has 1 saturated carbocycles. The Balaban J connectivity index is 1.34. The highest BCUT2D eigenvalue weighted by Gasteiger charge is 2.55. The van der Waals surface area contributed by atoms with E-state index in [0.717, 1.165) is 24.3 Å². The Bertz CT molecular complexity index is 1150. The van der Waals surface area contributed by atoms with Gasteiger partial charge in [-0.3, -0.25) is 9.53 Å². The summed E-state index contributed by atoms with van der Waals surface area (Å²) < 4.78 is 91.5. The first kappa shape index (κ1) is 26.3. The lowest BCUT2D eigenvalue weighted by atomic mass is 9.62. The van der Waals surface area contributed by atoms with E-state index in [9.17, 15) is 35.9 Å². The van der Waals surface area contributed by atoms with Crippen molar-refractivity contribution in [2.45, 2.75) is 44.5 Å². The van der Waals surface area contributed by atoms with E-state index >= 15 is 0 Å². The van der Waals surface area contributed by atoms with Crippen LogP contribution in [0.3, 0.4) is 0 Å². The highest BCUT2D eigenvalue weighted by Crippen LogP contribution is 2.50. The van der Waals surface area contributed by atoms with E-state index in [2.05, 4.69) is 15.0 Å². The Morgan fingerprint density at radius 3 is 2.50 bits per heavy atom. The summed E-state index contributed by atoms with van der Waals surface area (Å²) in [5.74, 6) is -0.824. The van der Waals surface area contributed by atoms with Crippen molar-refractivity contribution in [3.8, 4) is 5.88 Å². The van der Waals surface area contributed by atoms with E-state index in [-0.39, 0.29) is 40.2 Å². The monoisotopic (exact) mass is 541 g/mol. The summed E-state index contributed by atoms with van der Waals surface area (Å²) in [6.07, 6.45) is -11.2. The number of fused-ring (bicyclic) bond motifs is 1. The van der Waals surface area contributed by atoms with Gasteiger partial charge in [-0.25, -0.2) is 9.78 Å². The van der Waals surface area contributed by atoms with Crippen LogP contribution in [0.25, 0.3) is 10.2 Å². The molecule has 0 radical (unpaired) electrons. The van der Waals surface area contributed by atoms with Crippen molar-refractivity contribution in [1.82, 2.24) is 15.2 Å². The van der Waals surface area contributed by atoms with Crippen LogP contribution in [0, 0.1) is 5.41 Å². The van der Waals surface area contributed by atoms with Gasteiger partial charge in [0.2, 0.25) is 5.88 Å². The third-order valence-electron chi connectivity index (χ3n) is 5.97. The molecule has 2 fully saturated rings. The zero-order valence-electron chi connectivity index (χ0n) is 19.0. The molecule has 198 valence electrons. The van der Waals surface area contributed by atoms with Crippen LogP contribution in [-0.2, 0) is 15.7 Å². The van der Waals surface area contributed by atoms with Crippen molar-refractivity contribution in [2.75, 3.05) is 26.7 Å². The number of alkyl halides is 6. The zero-order valence-corrected chi connectivity index (χ0v) is 19.8. The normalized spacial score (nSPS) is 18.5. The number of aromatic nitrogens is 1. The molecular formula is C21H21F6N3O5S. The van der Waals surface area contributed by atoms with Crippen LogP contribution in [0.15, 0.2) is 11.4 Å². The fraction of sp³-hybridized carbons (Fsp3) is 0.571. The van der Waals surface area contributed by atoms with Crippen molar-refractivity contribution in [3.63, 3.8) is 0 Å². The number of carbonyl (C=O) groups excluding carboxylic acids is 2. The number of nitrogens with one attached hydrogen (secondary N) is 1. The summed E-state index contributed by atoms with van der Waals surface area (Å²) >= 11 is 0.770. The first-order chi connectivity index (χ1) is 16.7. The fourth-order valence-electron chi connectivity index (χ4n) is 4.41. The lowest BCUT2D eigenvalue weighted by Crippen LogP contribution is -2.66. The number of pyridine rings is 1. The van der Waals surface area contributed by atoms with Crippen LogP contribution in [0.1, 0.15) is 35.7 Å². The van der Waals surface area contributed by atoms with Gasteiger partial charge < -0.3 is 19.7 Å². The number of hydrogen-bond acceptors (Lipinski definition) is 7. The molecule has 1 N–H and O–H groups in total. The minimum Gasteiger partial charge on any atom is -0.474 e. The molecule has 1 atom stereocenters. The average Bonchev–Trinajstić information content (AvgIpc) is 3.13. The third kappa shape index (κ3) is 5.45.